The number of fused-ring (bicyclic) bond motifs is 1. The molecule has 10 heteroatoms. The maximum absolute atomic E-state index is 13.1. The average Bonchev–Trinajstić information content (AvgIpc) is 3.17. The summed E-state index contributed by atoms with van der Waals surface area (Å²) >= 11 is 6.47. The number of alkyl carbamates (subject to hydrolysis) is 1. The largest absolute Gasteiger partial charge is 0.444 e. The monoisotopic (exact) mass is 504 g/mol. The maximum atomic E-state index is 13.1. The molecular formula is C25H37ClN6O3. The molecule has 2 heterocycles. The van der Waals surface area contributed by atoms with Gasteiger partial charge in [-0.2, -0.15) is 5.10 Å². The molecule has 0 saturated heterocycles. The lowest BCUT2D eigenvalue weighted by Crippen LogP contribution is -2.44. The van der Waals surface area contributed by atoms with Crippen molar-refractivity contribution in [1.29, 1.82) is 0 Å². The van der Waals surface area contributed by atoms with Gasteiger partial charge in [-0.15, -0.1) is 0 Å². The second-order valence-electron chi connectivity index (χ2n) is 10.3. The van der Waals surface area contributed by atoms with Crippen molar-refractivity contribution in [3.8, 4) is 0 Å². The third-order valence-corrected chi connectivity index (χ3v) is 6.40. The normalized spacial score (nSPS) is 22.1. The Morgan fingerprint density at radius 3 is 2.71 bits per heavy atom. The van der Waals surface area contributed by atoms with Crippen LogP contribution in [0.25, 0.3) is 5.57 Å². The zero-order valence-corrected chi connectivity index (χ0v) is 22.1. The number of rotatable bonds is 6. The van der Waals surface area contributed by atoms with Crippen molar-refractivity contribution >= 4 is 35.9 Å². The number of nitrogens with zero attached hydrogens (tertiary/aromatic N) is 4. The predicted molar refractivity (Wildman–Crippen MR) is 138 cm³/mol. The lowest BCUT2D eigenvalue weighted by atomic mass is 9.85. The van der Waals surface area contributed by atoms with Crippen LogP contribution in [0.15, 0.2) is 28.1 Å². The molecule has 0 bridgehead atoms. The van der Waals surface area contributed by atoms with E-state index in [1.165, 1.54) is 0 Å². The molecule has 1 aliphatic heterocycles. The summed E-state index contributed by atoms with van der Waals surface area (Å²) in [5.41, 5.74) is 2.17. The summed E-state index contributed by atoms with van der Waals surface area (Å²) in [4.78, 5) is 31.5. The van der Waals surface area contributed by atoms with Gasteiger partial charge in [-0.1, -0.05) is 18.0 Å². The Morgan fingerprint density at radius 2 is 2.06 bits per heavy atom. The van der Waals surface area contributed by atoms with Gasteiger partial charge in [-0.05, 0) is 66.8 Å². The van der Waals surface area contributed by atoms with Crippen molar-refractivity contribution < 1.29 is 14.3 Å². The number of carbonyl (C=O) groups excluding carboxylic acids is 2. The van der Waals surface area contributed by atoms with E-state index in [1.54, 1.807) is 13.0 Å². The summed E-state index contributed by atoms with van der Waals surface area (Å²) in [6.07, 6.45) is 6.02. The molecule has 1 aliphatic carbocycles. The second kappa shape index (κ2) is 11.4. The van der Waals surface area contributed by atoms with Gasteiger partial charge in [-0.25, -0.2) is 9.79 Å². The number of carbonyl (C=O) groups is 2. The number of halogens is 1. The van der Waals surface area contributed by atoms with E-state index >= 15 is 0 Å². The van der Waals surface area contributed by atoms with Crippen molar-refractivity contribution in [2.24, 2.45) is 10.9 Å². The molecule has 2 amide bonds. The molecule has 2 N–H and O–H groups in total. The standard InChI is InChI=1S/C25H37ClN6O3/c1-16(26)19(20-14-28-32-11-10-31(6)15-21(20)32)13-22(27-5)30-23(33)17-8-7-9-18(12-17)29-24(34)35-25(2,3)4/h13-14,17-18H,5,7-12,15H2,1-4,6H3,(H,29,34)(H,30,33)/b19-16-,22-13+/t17-,18+/m0/s1. The number of hydrogen-bond donors (Lipinski definition) is 2. The van der Waals surface area contributed by atoms with E-state index in [0.717, 1.165) is 55.7 Å². The second-order valence-corrected chi connectivity index (χ2v) is 10.9. The Bertz CT molecular complexity index is 1020. The van der Waals surface area contributed by atoms with Crippen molar-refractivity contribution in [2.75, 3.05) is 13.6 Å². The minimum absolute atomic E-state index is 0.116. The van der Waals surface area contributed by atoms with E-state index in [9.17, 15) is 9.59 Å². The topological polar surface area (TPSA) is 101 Å². The minimum Gasteiger partial charge on any atom is -0.444 e. The summed E-state index contributed by atoms with van der Waals surface area (Å²) < 4.78 is 7.34. The van der Waals surface area contributed by atoms with Crippen LogP contribution < -0.4 is 10.6 Å². The fraction of sp³-hybridized carbons (Fsp3) is 0.600. The van der Waals surface area contributed by atoms with Crippen molar-refractivity contribution in [1.82, 2.24) is 25.3 Å². The highest BCUT2D eigenvalue weighted by Crippen LogP contribution is 2.30. The predicted octanol–water partition coefficient (Wildman–Crippen LogP) is 4.04. The van der Waals surface area contributed by atoms with Crippen LogP contribution in [0.4, 0.5) is 4.79 Å². The fourth-order valence-corrected chi connectivity index (χ4v) is 4.63. The van der Waals surface area contributed by atoms with Gasteiger partial charge in [0.25, 0.3) is 0 Å². The highest BCUT2D eigenvalue weighted by molar-refractivity contribution is 6.32. The number of amides is 2. The number of ether oxygens (including phenoxy) is 1. The number of allylic oxidation sites excluding steroid dienone is 3. The summed E-state index contributed by atoms with van der Waals surface area (Å²) in [5, 5.41) is 10.9. The molecular weight excluding hydrogens is 468 g/mol. The Balaban J connectivity index is 1.70. The number of nitrogens with one attached hydrogen (secondary N) is 2. The van der Waals surface area contributed by atoms with Gasteiger partial charge in [0.05, 0.1) is 18.4 Å². The fourth-order valence-electron chi connectivity index (χ4n) is 4.48. The zero-order chi connectivity index (χ0) is 25.8. The van der Waals surface area contributed by atoms with Gasteiger partial charge in [-0.3, -0.25) is 14.4 Å². The first-order chi connectivity index (χ1) is 16.5. The summed E-state index contributed by atoms with van der Waals surface area (Å²) in [6.45, 7) is 13.4. The SMILES string of the molecule is C=N/C(=C\C(=C(/C)Cl)c1cnn2c1CN(C)CC2)NC(=O)[C@H]1CCC[C@@H](NC(=O)OC(C)(C)C)C1. The van der Waals surface area contributed by atoms with Gasteiger partial charge in [0.2, 0.25) is 5.91 Å². The number of hydrogen-bond acceptors (Lipinski definition) is 6. The van der Waals surface area contributed by atoms with E-state index in [1.807, 2.05) is 31.6 Å². The van der Waals surface area contributed by atoms with Gasteiger partial charge in [0.15, 0.2) is 0 Å². The minimum atomic E-state index is -0.568. The van der Waals surface area contributed by atoms with E-state index < -0.39 is 11.7 Å². The molecule has 3 rings (SSSR count). The lowest BCUT2D eigenvalue weighted by molar-refractivity contribution is -0.125. The Kier molecular flexibility index (Phi) is 8.77. The van der Waals surface area contributed by atoms with E-state index in [-0.39, 0.29) is 17.9 Å². The molecule has 192 valence electrons. The van der Waals surface area contributed by atoms with Crippen LogP contribution in [-0.2, 0) is 22.6 Å². The molecule has 0 spiro atoms. The summed E-state index contributed by atoms with van der Waals surface area (Å²) in [7, 11) is 2.07. The first-order valence-electron chi connectivity index (χ1n) is 12.1. The number of aromatic nitrogens is 2. The van der Waals surface area contributed by atoms with Crippen LogP contribution in [0, 0.1) is 5.92 Å². The van der Waals surface area contributed by atoms with Crippen LogP contribution in [0.3, 0.4) is 0 Å². The van der Waals surface area contributed by atoms with Gasteiger partial charge in [0.1, 0.15) is 11.4 Å². The lowest BCUT2D eigenvalue weighted by Gasteiger charge is -2.30. The highest BCUT2D eigenvalue weighted by Gasteiger charge is 2.30. The molecule has 1 aromatic heterocycles. The van der Waals surface area contributed by atoms with Crippen LogP contribution in [0.5, 0.6) is 0 Å². The van der Waals surface area contributed by atoms with Gasteiger partial charge >= 0.3 is 6.09 Å². The van der Waals surface area contributed by atoms with Crippen LogP contribution in [-0.4, -0.2) is 58.6 Å². The molecule has 2 atom stereocenters. The molecule has 0 aromatic carbocycles. The molecule has 35 heavy (non-hydrogen) atoms. The van der Waals surface area contributed by atoms with E-state index in [4.69, 9.17) is 16.3 Å². The van der Waals surface area contributed by atoms with Crippen molar-refractivity contribution in [2.45, 2.75) is 78.1 Å². The van der Waals surface area contributed by atoms with E-state index in [0.29, 0.717) is 17.3 Å². The first-order valence-corrected chi connectivity index (χ1v) is 12.4. The van der Waals surface area contributed by atoms with Gasteiger partial charge in [0, 0.05) is 41.2 Å². The third-order valence-electron chi connectivity index (χ3n) is 6.19. The van der Waals surface area contributed by atoms with Crippen LogP contribution >= 0.6 is 11.6 Å². The third kappa shape index (κ3) is 7.41. The van der Waals surface area contributed by atoms with E-state index in [2.05, 4.69) is 39.4 Å². The average molecular weight is 505 g/mol. The van der Waals surface area contributed by atoms with Crippen molar-refractivity contribution in [3.05, 3.63) is 34.4 Å². The Labute approximate surface area is 212 Å². The quantitative estimate of drug-likeness (QED) is 0.449. The molecule has 1 saturated carbocycles. The molecule has 1 aromatic rings. The van der Waals surface area contributed by atoms with Crippen LogP contribution in [0.1, 0.15) is 64.6 Å². The molecule has 0 unspecified atom stereocenters. The Hall–Kier alpha value is -2.65. The highest BCUT2D eigenvalue weighted by atomic mass is 35.5. The molecule has 1 fully saturated rings. The Morgan fingerprint density at radius 1 is 1.31 bits per heavy atom. The first kappa shape index (κ1) is 26.9. The van der Waals surface area contributed by atoms with Gasteiger partial charge < -0.3 is 15.4 Å². The summed E-state index contributed by atoms with van der Waals surface area (Å²) in [5.74, 6) is -0.0741. The molecule has 9 nitrogen and oxygen atoms in total. The summed E-state index contributed by atoms with van der Waals surface area (Å²) in [6, 6.07) is -0.116. The maximum Gasteiger partial charge on any atom is 0.407 e. The number of aliphatic imine (C=N–C) groups is 1. The smallest absolute Gasteiger partial charge is 0.407 e. The van der Waals surface area contributed by atoms with Crippen molar-refractivity contribution in [3.63, 3.8) is 0 Å². The molecule has 0 radical (unpaired) electrons. The zero-order valence-electron chi connectivity index (χ0n) is 21.4. The molecule has 2 aliphatic rings. The number of likely N-dealkylation sites (N-methyl/N-ethyl adjacent to an activating group) is 1. The van der Waals surface area contributed by atoms with Crippen LogP contribution in [0.2, 0.25) is 0 Å².